The zero-order valence-electron chi connectivity index (χ0n) is 20.2. The molecule has 1 heterocycles. The first-order valence-electron chi connectivity index (χ1n) is 11.5. The third-order valence-electron chi connectivity index (χ3n) is 5.83. The maximum absolute atomic E-state index is 13.7. The molecule has 1 aromatic heterocycles. The lowest BCUT2D eigenvalue weighted by molar-refractivity contribution is -0.137. The summed E-state index contributed by atoms with van der Waals surface area (Å²) >= 11 is 6.51. The molecular formula is C27H27ClF3N5. The third kappa shape index (κ3) is 5.94. The smallest absolute Gasteiger partial charge is 0.281 e. The van der Waals surface area contributed by atoms with Gasteiger partial charge >= 0.3 is 6.18 Å². The number of nitrogens with zero attached hydrogens (tertiary/aromatic N) is 5. The minimum absolute atomic E-state index is 0.368. The SMILES string of the molecule is CC(C)(C)n1nnnc1[C@H](c1cccc(C(F)(F)F)c1)N(Cc1ccccc1)Cc1ccccc1Cl. The van der Waals surface area contributed by atoms with Gasteiger partial charge in [0.25, 0.3) is 0 Å². The van der Waals surface area contributed by atoms with Crippen LogP contribution < -0.4 is 0 Å². The second-order valence-electron chi connectivity index (χ2n) is 9.63. The van der Waals surface area contributed by atoms with E-state index in [1.807, 2.05) is 69.3 Å². The Kier molecular flexibility index (Phi) is 7.47. The Morgan fingerprint density at radius 1 is 0.889 bits per heavy atom. The Bertz CT molecular complexity index is 1300. The highest BCUT2D eigenvalue weighted by molar-refractivity contribution is 6.31. The second-order valence-corrected chi connectivity index (χ2v) is 10.0. The number of hydrogen-bond acceptors (Lipinski definition) is 4. The fourth-order valence-electron chi connectivity index (χ4n) is 4.15. The Labute approximate surface area is 213 Å². The molecule has 0 N–H and O–H groups in total. The number of alkyl halides is 3. The van der Waals surface area contributed by atoms with Gasteiger partial charge in [0, 0.05) is 18.1 Å². The first kappa shape index (κ1) is 25.9. The normalized spacial score (nSPS) is 13.2. The summed E-state index contributed by atoms with van der Waals surface area (Å²) < 4.78 is 42.8. The Hall–Kier alpha value is -3.23. The summed E-state index contributed by atoms with van der Waals surface area (Å²) in [6.07, 6.45) is -4.48. The maximum atomic E-state index is 13.7. The average molecular weight is 514 g/mol. The van der Waals surface area contributed by atoms with Gasteiger partial charge in [-0.3, -0.25) is 4.90 Å². The van der Waals surface area contributed by atoms with Crippen LogP contribution in [0, 0.1) is 0 Å². The lowest BCUT2D eigenvalue weighted by Gasteiger charge is -2.34. The third-order valence-corrected chi connectivity index (χ3v) is 6.20. The van der Waals surface area contributed by atoms with Crippen LogP contribution in [0.4, 0.5) is 13.2 Å². The summed E-state index contributed by atoms with van der Waals surface area (Å²) in [5.41, 5.74) is 1.06. The van der Waals surface area contributed by atoms with Crippen LogP contribution in [-0.2, 0) is 24.8 Å². The van der Waals surface area contributed by atoms with Gasteiger partial charge in [-0.25, -0.2) is 4.68 Å². The predicted octanol–water partition coefficient (Wildman–Crippen LogP) is 6.89. The molecule has 0 saturated heterocycles. The van der Waals surface area contributed by atoms with Crippen molar-refractivity contribution in [1.82, 2.24) is 25.1 Å². The van der Waals surface area contributed by atoms with E-state index in [2.05, 4.69) is 20.4 Å². The van der Waals surface area contributed by atoms with E-state index in [-0.39, 0.29) is 0 Å². The second kappa shape index (κ2) is 10.4. The molecule has 0 aliphatic heterocycles. The van der Waals surface area contributed by atoms with Crippen LogP contribution in [0.25, 0.3) is 0 Å². The van der Waals surface area contributed by atoms with Gasteiger partial charge in [0.2, 0.25) is 0 Å². The molecule has 4 aromatic rings. The lowest BCUT2D eigenvalue weighted by Crippen LogP contribution is -2.35. The quantitative estimate of drug-likeness (QED) is 0.270. The van der Waals surface area contributed by atoms with E-state index >= 15 is 0 Å². The average Bonchev–Trinajstić information content (AvgIpc) is 3.31. The van der Waals surface area contributed by atoms with Crippen molar-refractivity contribution in [2.45, 2.75) is 51.6 Å². The van der Waals surface area contributed by atoms with Crippen LogP contribution in [0.5, 0.6) is 0 Å². The Balaban J connectivity index is 1.91. The molecular weight excluding hydrogens is 487 g/mol. The molecule has 9 heteroatoms. The van der Waals surface area contributed by atoms with Gasteiger partial charge in [0.05, 0.1) is 17.1 Å². The number of tetrazole rings is 1. The van der Waals surface area contributed by atoms with Crippen LogP contribution in [0.15, 0.2) is 78.9 Å². The van der Waals surface area contributed by atoms with E-state index in [9.17, 15) is 13.2 Å². The molecule has 0 saturated carbocycles. The molecule has 36 heavy (non-hydrogen) atoms. The minimum atomic E-state index is -4.48. The van der Waals surface area contributed by atoms with Gasteiger partial charge in [-0.1, -0.05) is 72.3 Å². The van der Waals surface area contributed by atoms with Crippen LogP contribution in [-0.4, -0.2) is 25.1 Å². The van der Waals surface area contributed by atoms with E-state index in [0.717, 1.165) is 17.2 Å². The monoisotopic (exact) mass is 513 g/mol. The first-order chi connectivity index (χ1) is 17.0. The lowest BCUT2D eigenvalue weighted by atomic mass is 9.98. The van der Waals surface area contributed by atoms with Crippen molar-refractivity contribution in [3.8, 4) is 0 Å². The van der Waals surface area contributed by atoms with Crippen molar-refractivity contribution in [2.75, 3.05) is 0 Å². The molecule has 0 bridgehead atoms. The number of hydrogen-bond donors (Lipinski definition) is 0. The topological polar surface area (TPSA) is 46.8 Å². The molecule has 0 aliphatic carbocycles. The molecule has 0 unspecified atom stereocenters. The van der Waals surface area contributed by atoms with Crippen LogP contribution >= 0.6 is 11.6 Å². The first-order valence-corrected chi connectivity index (χ1v) is 11.9. The zero-order valence-corrected chi connectivity index (χ0v) is 21.0. The standard InChI is InChI=1S/C27H27ClF3N5/c1-26(2,3)36-25(32-33-34-36)24(20-13-9-14-22(16-20)27(29,30)31)35(17-19-10-5-4-6-11-19)18-21-12-7-8-15-23(21)28/h4-16,24H,17-18H2,1-3H3/t24-/m0/s1. The molecule has 188 valence electrons. The summed E-state index contributed by atoms with van der Waals surface area (Å²) in [5.74, 6) is 0.449. The van der Waals surface area contributed by atoms with Crippen molar-refractivity contribution in [1.29, 1.82) is 0 Å². The number of halogens is 4. The maximum Gasteiger partial charge on any atom is 0.416 e. The molecule has 0 amide bonds. The van der Waals surface area contributed by atoms with Crippen molar-refractivity contribution < 1.29 is 13.2 Å². The fourth-order valence-corrected chi connectivity index (χ4v) is 4.35. The van der Waals surface area contributed by atoms with Gasteiger partial charge in [-0.15, -0.1) is 5.10 Å². The van der Waals surface area contributed by atoms with E-state index < -0.39 is 23.3 Å². The zero-order chi connectivity index (χ0) is 25.9. The van der Waals surface area contributed by atoms with Crippen molar-refractivity contribution in [3.05, 3.63) is 112 Å². The number of aromatic nitrogens is 4. The highest BCUT2D eigenvalue weighted by atomic mass is 35.5. The van der Waals surface area contributed by atoms with Gasteiger partial charge in [-0.05, 0) is 66.1 Å². The van der Waals surface area contributed by atoms with E-state index in [1.54, 1.807) is 16.8 Å². The summed E-state index contributed by atoms with van der Waals surface area (Å²) in [7, 11) is 0. The molecule has 0 radical (unpaired) electrons. The molecule has 4 rings (SSSR count). The number of benzene rings is 3. The molecule has 0 fully saturated rings. The molecule has 0 aliphatic rings. The van der Waals surface area contributed by atoms with Gasteiger partial charge in [-0.2, -0.15) is 13.2 Å². The molecule has 3 aromatic carbocycles. The Morgan fingerprint density at radius 3 is 2.25 bits per heavy atom. The summed E-state index contributed by atoms with van der Waals surface area (Å²) in [5, 5.41) is 13.0. The van der Waals surface area contributed by atoms with Gasteiger partial charge in [0.15, 0.2) is 5.82 Å². The van der Waals surface area contributed by atoms with Crippen LogP contribution in [0.3, 0.4) is 0 Å². The van der Waals surface area contributed by atoms with E-state index in [1.165, 1.54) is 12.1 Å². The van der Waals surface area contributed by atoms with Gasteiger partial charge in [0.1, 0.15) is 0 Å². The summed E-state index contributed by atoms with van der Waals surface area (Å²) in [6, 6.07) is 21.9. The summed E-state index contributed by atoms with van der Waals surface area (Å²) in [4.78, 5) is 2.06. The van der Waals surface area contributed by atoms with E-state index in [0.29, 0.717) is 29.5 Å². The van der Waals surface area contributed by atoms with E-state index in [4.69, 9.17) is 11.6 Å². The van der Waals surface area contributed by atoms with Crippen molar-refractivity contribution in [3.63, 3.8) is 0 Å². The molecule has 5 nitrogen and oxygen atoms in total. The van der Waals surface area contributed by atoms with Gasteiger partial charge < -0.3 is 0 Å². The summed E-state index contributed by atoms with van der Waals surface area (Å²) in [6.45, 7) is 6.65. The van der Waals surface area contributed by atoms with Crippen LogP contribution in [0.1, 0.15) is 54.9 Å². The van der Waals surface area contributed by atoms with Crippen molar-refractivity contribution in [2.24, 2.45) is 0 Å². The highest BCUT2D eigenvalue weighted by Crippen LogP contribution is 2.36. The number of rotatable bonds is 7. The minimum Gasteiger partial charge on any atom is -0.281 e. The van der Waals surface area contributed by atoms with Crippen LogP contribution in [0.2, 0.25) is 5.02 Å². The largest absolute Gasteiger partial charge is 0.416 e. The fraction of sp³-hybridized carbons (Fsp3) is 0.296. The highest BCUT2D eigenvalue weighted by Gasteiger charge is 2.35. The molecule has 0 spiro atoms. The van der Waals surface area contributed by atoms with Crippen molar-refractivity contribution >= 4 is 11.6 Å². The molecule has 1 atom stereocenters. The Morgan fingerprint density at radius 2 is 1.58 bits per heavy atom. The predicted molar refractivity (Wildman–Crippen MR) is 133 cm³/mol.